The van der Waals surface area contributed by atoms with Crippen molar-refractivity contribution in [3.63, 3.8) is 0 Å². The van der Waals surface area contributed by atoms with Crippen molar-refractivity contribution in [3.05, 3.63) is 59.8 Å². The lowest BCUT2D eigenvalue weighted by Crippen LogP contribution is -2.47. The summed E-state index contributed by atoms with van der Waals surface area (Å²) in [6, 6.07) is 11.7. The fraction of sp³-hybridized carbons (Fsp3) is 0.370. The number of carbonyl (C=O) groups excluding carboxylic acids is 3. The van der Waals surface area contributed by atoms with Crippen LogP contribution in [0.25, 0.3) is 6.08 Å². The smallest absolute Gasteiger partial charge is 0.240 e. The topological polar surface area (TPSA) is 76.2 Å². The van der Waals surface area contributed by atoms with Crippen LogP contribution in [-0.2, 0) is 14.4 Å². The van der Waals surface area contributed by atoms with Crippen LogP contribution in [-0.4, -0.2) is 42.8 Å². The summed E-state index contributed by atoms with van der Waals surface area (Å²) in [4.78, 5) is 44.7. The van der Waals surface area contributed by atoms with E-state index in [-0.39, 0.29) is 17.6 Å². The largest absolute Gasteiger partial charge is 0.497 e. The van der Waals surface area contributed by atoms with Crippen LogP contribution < -0.4 is 14.4 Å². The Balaban J connectivity index is 1.66. The molecule has 0 bridgehead atoms. The molecule has 2 aromatic rings. The molecule has 0 spiro atoms. The van der Waals surface area contributed by atoms with E-state index in [2.05, 4.69) is 0 Å². The van der Waals surface area contributed by atoms with Crippen molar-refractivity contribution in [2.75, 3.05) is 19.1 Å². The lowest BCUT2D eigenvalue weighted by atomic mass is 9.79. The van der Waals surface area contributed by atoms with Crippen molar-refractivity contribution in [1.82, 2.24) is 4.90 Å². The molecular formula is C27H28N2O5. The Morgan fingerprint density at radius 1 is 0.941 bits per heavy atom. The number of imide groups is 1. The fourth-order valence-electron chi connectivity index (χ4n) is 5.51. The van der Waals surface area contributed by atoms with Crippen LogP contribution in [0, 0.1) is 17.3 Å². The molecule has 7 nitrogen and oxygen atoms in total. The first-order chi connectivity index (χ1) is 16.2. The van der Waals surface area contributed by atoms with Gasteiger partial charge in [0.05, 0.1) is 37.8 Å². The van der Waals surface area contributed by atoms with E-state index in [1.807, 2.05) is 62.2 Å². The number of methoxy groups -OCH3 is 2. The number of benzene rings is 2. The zero-order chi connectivity index (χ0) is 24.4. The molecule has 2 amide bonds. The number of ketones is 1. The molecular weight excluding hydrogens is 432 g/mol. The zero-order valence-electron chi connectivity index (χ0n) is 19.9. The minimum atomic E-state index is -0.785. The van der Waals surface area contributed by atoms with Gasteiger partial charge in [-0.05, 0) is 29.3 Å². The third-order valence-electron chi connectivity index (χ3n) is 7.10. The van der Waals surface area contributed by atoms with Crippen LogP contribution in [0.5, 0.6) is 11.5 Å². The summed E-state index contributed by atoms with van der Waals surface area (Å²) in [5.41, 5.74) is 1.63. The highest BCUT2D eigenvalue weighted by Crippen LogP contribution is 2.55. The number of Topliss-reactive ketones (excluding diaryl/α,β-unsaturated/α-hetero) is 1. The molecule has 2 aromatic carbocycles. The van der Waals surface area contributed by atoms with Crippen LogP contribution >= 0.6 is 0 Å². The van der Waals surface area contributed by atoms with Gasteiger partial charge in [0.2, 0.25) is 11.8 Å². The van der Waals surface area contributed by atoms with Gasteiger partial charge in [0.15, 0.2) is 5.78 Å². The molecule has 2 saturated heterocycles. The lowest BCUT2D eigenvalue weighted by molar-refractivity contribution is -0.135. The molecule has 7 heteroatoms. The summed E-state index contributed by atoms with van der Waals surface area (Å²) in [5, 5.41) is 0. The van der Waals surface area contributed by atoms with Crippen LogP contribution in [0.3, 0.4) is 0 Å². The number of nitrogens with zero attached hydrogens (tertiary/aromatic N) is 2. The predicted molar refractivity (Wildman–Crippen MR) is 127 cm³/mol. The van der Waals surface area contributed by atoms with Gasteiger partial charge in [0, 0.05) is 17.7 Å². The maximum Gasteiger partial charge on any atom is 0.240 e. The highest BCUT2D eigenvalue weighted by atomic mass is 16.5. The van der Waals surface area contributed by atoms with Gasteiger partial charge in [-0.15, -0.1) is 0 Å². The molecule has 176 valence electrons. The number of hydrogen-bond donors (Lipinski definition) is 0. The number of ether oxygens (including phenoxy) is 2. The molecule has 5 rings (SSSR count). The monoisotopic (exact) mass is 460 g/mol. The van der Waals surface area contributed by atoms with Crippen molar-refractivity contribution >= 4 is 29.4 Å². The second-order valence-electron chi connectivity index (χ2n) is 10.00. The Morgan fingerprint density at radius 2 is 1.65 bits per heavy atom. The summed E-state index contributed by atoms with van der Waals surface area (Å²) in [5.74, 6) is -1.30. The van der Waals surface area contributed by atoms with Crippen LogP contribution in [0.15, 0.2) is 48.7 Å². The summed E-state index contributed by atoms with van der Waals surface area (Å²) < 4.78 is 10.8. The molecule has 0 aromatic heterocycles. The highest BCUT2D eigenvalue weighted by Gasteiger charge is 2.65. The SMILES string of the molecule is COc1ccc(N2C(=O)[C@H]3[C@H](C2=O)[C@H](C(=O)C(C)(C)C)N2C=Cc4ccccc4[C@H]32)c(OC)c1. The van der Waals surface area contributed by atoms with Gasteiger partial charge >= 0.3 is 0 Å². The van der Waals surface area contributed by atoms with Gasteiger partial charge in [-0.3, -0.25) is 14.4 Å². The lowest BCUT2D eigenvalue weighted by Gasteiger charge is -2.37. The van der Waals surface area contributed by atoms with E-state index in [0.29, 0.717) is 17.2 Å². The highest BCUT2D eigenvalue weighted by molar-refractivity contribution is 6.24. The fourth-order valence-corrected chi connectivity index (χ4v) is 5.51. The van der Waals surface area contributed by atoms with Gasteiger partial charge in [0.1, 0.15) is 17.5 Å². The Bertz CT molecular complexity index is 1230. The molecule has 3 aliphatic heterocycles. The molecule has 0 N–H and O–H groups in total. The third kappa shape index (κ3) is 3.06. The summed E-state index contributed by atoms with van der Waals surface area (Å²) in [6.45, 7) is 5.56. The van der Waals surface area contributed by atoms with Gasteiger partial charge in [0.25, 0.3) is 0 Å². The molecule has 3 heterocycles. The molecule has 34 heavy (non-hydrogen) atoms. The first-order valence-corrected chi connectivity index (χ1v) is 11.4. The number of rotatable bonds is 4. The van der Waals surface area contributed by atoms with Gasteiger partial charge in [-0.2, -0.15) is 0 Å². The third-order valence-corrected chi connectivity index (χ3v) is 7.10. The van der Waals surface area contributed by atoms with Crippen LogP contribution in [0.4, 0.5) is 5.69 Å². The van der Waals surface area contributed by atoms with Gasteiger partial charge in [-0.1, -0.05) is 45.0 Å². The quantitative estimate of drug-likeness (QED) is 0.646. The molecule has 0 unspecified atom stereocenters. The Kier molecular flexibility index (Phi) is 5.04. The van der Waals surface area contributed by atoms with E-state index >= 15 is 0 Å². The first kappa shape index (κ1) is 22.2. The zero-order valence-corrected chi connectivity index (χ0v) is 19.9. The Hall–Kier alpha value is -3.61. The van der Waals surface area contributed by atoms with Crippen molar-refractivity contribution in [3.8, 4) is 11.5 Å². The van der Waals surface area contributed by atoms with E-state index in [9.17, 15) is 14.4 Å². The second-order valence-corrected chi connectivity index (χ2v) is 10.00. The van der Waals surface area contributed by atoms with Crippen molar-refractivity contribution in [2.45, 2.75) is 32.9 Å². The van der Waals surface area contributed by atoms with Gasteiger partial charge < -0.3 is 14.4 Å². The van der Waals surface area contributed by atoms with E-state index in [1.165, 1.54) is 19.1 Å². The summed E-state index contributed by atoms with van der Waals surface area (Å²) >= 11 is 0. The molecule has 2 fully saturated rings. The van der Waals surface area contributed by atoms with Gasteiger partial charge in [-0.25, -0.2) is 4.90 Å². The average molecular weight is 461 g/mol. The minimum absolute atomic E-state index is 0.0567. The number of hydrogen-bond acceptors (Lipinski definition) is 6. The first-order valence-electron chi connectivity index (χ1n) is 11.4. The maximum atomic E-state index is 14.0. The molecule has 3 aliphatic rings. The molecule has 0 radical (unpaired) electrons. The predicted octanol–water partition coefficient (Wildman–Crippen LogP) is 3.83. The molecule has 4 atom stereocenters. The second kappa shape index (κ2) is 7.72. The summed E-state index contributed by atoms with van der Waals surface area (Å²) in [6.07, 6.45) is 3.83. The number of fused-ring (bicyclic) bond motifs is 5. The van der Waals surface area contributed by atoms with Crippen LogP contribution in [0.1, 0.15) is 37.9 Å². The number of anilines is 1. The normalized spacial score (nSPS) is 25.2. The van der Waals surface area contributed by atoms with E-state index in [0.717, 1.165) is 11.1 Å². The standard InChI is InChI=1S/C27H28N2O5/c1-27(2,3)24(30)23-21-20(22-17-9-7-6-8-15(17)12-13-28(22)23)25(31)29(26(21)32)18-11-10-16(33-4)14-19(18)34-5/h6-14,20-23H,1-5H3/t20-,21-,22+,23+/m0/s1. The van der Waals surface area contributed by atoms with Crippen molar-refractivity contribution in [2.24, 2.45) is 17.3 Å². The Labute approximate surface area is 198 Å². The average Bonchev–Trinajstić information content (AvgIpc) is 3.30. The van der Waals surface area contributed by atoms with E-state index in [4.69, 9.17) is 9.47 Å². The molecule has 0 aliphatic carbocycles. The van der Waals surface area contributed by atoms with E-state index < -0.39 is 29.3 Å². The van der Waals surface area contributed by atoms with Crippen molar-refractivity contribution < 1.29 is 23.9 Å². The Morgan fingerprint density at radius 3 is 2.32 bits per heavy atom. The van der Waals surface area contributed by atoms with E-state index in [1.54, 1.807) is 18.2 Å². The minimum Gasteiger partial charge on any atom is -0.497 e. The maximum absolute atomic E-state index is 14.0. The summed E-state index contributed by atoms with van der Waals surface area (Å²) in [7, 11) is 3.02. The van der Waals surface area contributed by atoms with Crippen molar-refractivity contribution in [1.29, 1.82) is 0 Å². The van der Waals surface area contributed by atoms with Crippen LogP contribution in [0.2, 0.25) is 0 Å². The molecule has 0 saturated carbocycles. The number of amides is 2. The number of carbonyl (C=O) groups is 3.